The lowest BCUT2D eigenvalue weighted by atomic mass is 10.1. The van der Waals surface area contributed by atoms with E-state index in [9.17, 15) is 9.18 Å². The highest BCUT2D eigenvalue weighted by Crippen LogP contribution is 2.26. The highest BCUT2D eigenvalue weighted by Gasteiger charge is 2.16. The Hall–Kier alpha value is 0.510. The number of rotatable bonds is 2. The Morgan fingerprint density at radius 3 is 2.69 bits per heavy atom. The zero-order valence-corrected chi connectivity index (χ0v) is 11.6. The number of halogens is 4. The Labute approximate surface area is 105 Å². The van der Waals surface area contributed by atoms with E-state index >= 15 is 0 Å². The second-order valence-electron chi connectivity index (χ2n) is 2.27. The average Bonchev–Trinajstić information content (AvgIpc) is 2.12. The first kappa shape index (κ1) is 11.6. The molecule has 0 heterocycles. The SMILES string of the molecule is O=C(CBr)c1c(F)ccc(I)c1Br. The Bertz CT molecular complexity index is 354. The van der Waals surface area contributed by atoms with E-state index in [-0.39, 0.29) is 16.7 Å². The van der Waals surface area contributed by atoms with Crippen LogP contribution in [0.4, 0.5) is 4.39 Å². The number of carbonyl (C=O) groups excluding carboxylic acids is 1. The molecule has 70 valence electrons. The number of hydrogen-bond acceptors (Lipinski definition) is 1. The third-order valence-electron chi connectivity index (χ3n) is 1.44. The highest BCUT2D eigenvalue weighted by atomic mass is 127. The fourth-order valence-electron chi connectivity index (χ4n) is 0.849. The summed E-state index contributed by atoms with van der Waals surface area (Å²) >= 11 is 8.22. The standard InChI is InChI=1S/C8H4Br2FIO/c9-3-6(13)7-4(11)1-2-5(12)8(7)10/h1-2H,3H2. The Morgan fingerprint density at radius 1 is 1.54 bits per heavy atom. The van der Waals surface area contributed by atoms with Crippen molar-refractivity contribution in [1.29, 1.82) is 0 Å². The van der Waals surface area contributed by atoms with Gasteiger partial charge in [-0.1, -0.05) is 15.9 Å². The number of carbonyl (C=O) groups is 1. The zero-order valence-electron chi connectivity index (χ0n) is 6.28. The molecule has 0 atom stereocenters. The van der Waals surface area contributed by atoms with Gasteiger partial charge in [0.15, 0.2) is 5.78 Å². The summed E-state index contributed by atoms with van der Waals surface area (Å²) in [5.41, 5.74) is 0.115. The van der Waals surface area contributed by atoms with Crippen LogP contribution in [0.3, 0.4) is 0 Å². The summed E-state index contributed by atoms with van der Waals surface area (Å²) < 4.78 is 14.5. The Morgan fingerprint density at radius 2 is 2.15 bits per heavy atom. The van der Waals surface area contributed by atoms with Crippen molar-refractivity contribution in [2.75, 3.05) is 5.33 Å². The van der Waals surface area contributed by atoms with Crippen LogP contribution in [-0.4, -0.2) is 11.1 Å². The van der Waals surface area contributed by atoms with Crippen LogP contribution in [0, 0.1) is 9.39 Å². The van der Waals surface area contributed by atoms with Gasteiger partial charge in [0.05, 0.1) is 10.9 Å². The summed E-state index contributed by atoms with van der Waals surface area (Å²) in [7, 11) is 0. The van der Waals surface area contributed by atoms with Crippen molar-refractivity contribution in [3.63, 3.8) is 0 Å². The normalized spacial score (nSPS) is 10.2. The quantitative estimate of drug-likeness (QED) is 0.307. The van der Waals surface area contributed by atoms with E-state index in [2.05, 4.69) is 31.9 Å². The van der Waals surface area contributed by atoms with Crippen LogP contribution in [0.1, 0.15) is 10.4 Å². The molecule has 0 spiro atoms. The number of hydrogen-bond donors (Lipinski definition) is 0. The molecule has 5 heteroatoms. The maximum Gasteiger partial charge on any atom is 0.177 e. The fourth-order valence-corrected chi connectivity index (χ4v) is 2.12. The van der Waals surface area contributed by atoms with E-state index in [1.54, 1.807) is 6.07 Å². The average molecular weight is 422 g/mol. The van der Waals surface area contributed by atoms with Gasteiger partial charge in [-0.05, 0) is 50.7 Å². The first-order valence-corrected chi connectivity index (χ1v) is 6.30. The van der Waals surface area contributed by atoms with Crippen LogP contribution in [0.25, 0.3) is 0 Å². The third kappa shape index (κ3) is 2.50. The first-order valence-electron chi connectivity index (χ1n) is 3.30. The lowest BCUT2D eigenvalue weighted by Crippen LogP contribution is -2.05. The number of Topliss-reactive ketones (excluding diaryl/α,β-unsaturated/α-hetero) is 1. The van der Waals surface area contributed by atoms with Crippen LogP contribution in [0.2, 0.25) is 0 Å². The molecule has 0 aliphatic heterocycles. The molecule has 0 N–H and O–H groups in total. The third-order valence-corrected chi connectivity index (χ3v) is 4.42. The van der Waals surface area contributed by atoms with Crippen LogP contribution < -0.4 is 0 Å². The molecular weight excluding hydrogens is 418 g/mol. The largest absolute Gasteiger partial charge is 0.293 e. The van der Waals surface area contributed by atoms with Crippen molar-refractivity contribution in [1.82, 2.24) is 0 Å². The minimum Gasteiger partial charge on any atom is -0.293 e. The summed E-state index contributed by atoms with van der Waals surface area (Å²) in [6, 6.07) is 2.91. The molecule has 0 saturated carbocycles. The molecule has 0 radical (unpaired) electrons. The minimum atomic E-state index is -0.489. The second kappa shape index (κ2) is 4.84. The summed E-state index contributed by atoms with van der Waals surface area (Å²) in [4.78, 5) is 11.3. The molecule has 0 saturated heterocycles. The van der Waals surface area contributed by atoms with Gasteiger partial charge in [-0.25, -0.2) is 4.39 Å². The molecule has 0 aromatic heterocycles. The van der Waals surface area contributed by atoms with Crippen molar-refractivity contribution in [3.8, 4) is 0 Å². The van der Waals surface area contributed by atoms with E-state index in [1.807, 2.05) is 22.6 Å². The van der Waals surface area contributed by atoms with Crippen molar-refractivity contribution < 1.29 is 9.18 Å². The Kier molecular flexibility index (Phi) is 4.31. The van der Waals surface area contributed by atoms with E-state index in [0.29, 0.717) is 4.47 Å². The highest BCUT2D eigenvalue weighted by molar-refractivity contribution is 14.1. The summed E-state index contributed by atoms with van der Waals surface area (Å²) in [5.74, 6) is -0.750. The predicted octanol–water partition coefficient (Wildman–Crippen LogP) is 3.77. The van der Waals surface area contributed by atoms with Crippen LogP contribution in [-0.2, 0) is 0 Å². The lowest BCUT2D eigenvalue weighted by Gasteiger charge is -2.04. The lowest BCUT2D eigenvalue weighted by molar-refractivity contribution is 0.101. The van der Waals surface area contributed by atoms with Crippen LogP contribution in [0.5, 0.6) is 0 Å². The van der Waals surface area contributed by atoms with Gasteiger partial charge in [0.2, 0.25) is 0 Å². The molecule has 1 nitrogen and oxygen atoms in total. The van der Waals surface area contributed by atoms with Crippen molar-refractivity contribution >= 4 is 60.2 Å². The molecule has 0 amide bonds. The second-order valence-corrected chi connectivity index (χ2v) is 4.79. The van der Waals surface area contributed by atoms with Gasteiger partial charge < -0.3 is 0 Å². The van der Waals surface area contributed by atoms with Crippen molar-refractivity contribution in [2.45, 2.75) is 0 Å². The van der Waals surface area contributed by atoms with Gasteiger partial charge in [0.25, 0.3) is 0 Å². The minimum absolute atomic E-state index is 0.115. The van der Waals surface area contributed by atoms with Crippen molar-refractivity contribution in [2.24, 2.45) is 0 Å². The smallest absolute Gasteiger partial charge is 0.177 e. The van der Waals surface area contributed by atoms with Gasteiger partial charge in [0, 0.05) is 8.04 Å². The predicted molar refractivity (Wildman–Crippen MR) is 64.9 cm³/mol. The van der Waals surface area contributed by atoms with Crippen LogP contribution in [0.15, 0.2) is 16.6 Å². The maximum atomic E-state index is 13.2. The van der Waals surface area contributed by atoms with Gasteiger partial charge in [-0.15, -0.1) is 0 Å². The molecule has 0 unspecified atom stereocenters. The van der Waals surface area contributed by atoms with Crippen LogP contribution >= 0.6 is 54.5 Å². The van der Waals surface area contributed by atoms with E-state index < -0.39 is 5.82 Å². The molecule has 13 heavy (non-hydrogen) atoms. The van der Waals surface area contributed by atoms with E-state index in [4.69, 9.17) is 0 Å². The summed E-state index contributed by atoms with van der Waals surface area (Å²) in [5, 5.41) is 0.128. The summed E-state index contributed by atoms with van der Waals surface area (Å²) in [6.07, 6.45) is 0. The number of benzene rings is 1. The summed E-state index contributed by atoms with van der Waals surface area (Å²) in [6.45, 7) is 0. The Balaban J connectivity index is 3.33. The molecule has 1 aromatic rings. The monoisotopic (exact) mass is 420 g/mol. The number of ketones is 1. The molecule has 0 aliphatic carbocycles. The fraction of sp³-hybridized carbons (Fsp3) is 0.125. The first-order chi connectivity index (χ1) is 6.07. The van der Waals surface area contributed by atoms with E-state index in [0.717, 1.165) is 3.57 Å². The molecule has 0 bridgehead atoms. The van der Waals surface area contributed by atoms with Gasteiger partial charge in [0.1, 0.15) is 5.82 Å². The maximum absolute atomic E-state index is 13.2. The molecule has 0 aliphatic rings. The van der Waals surface area contributed by atoms with Gasteiger partial charge in [-0.2, -0.15) is 0 Å². The molecule has 0 fully saturated rings. The molecular formula is C8H4Br2FIO. The molecule has 1 rings (SSSR count). The molecule has 1 aromatic carbocycles. The zero-order chi connectivity index (χ0) is 10.0. The van der Waals surface area contributed by atoms with E-state index in [1.165, 1.54) is 6.07 Å². The topological polar surface area (TPSA) is 17.1 Å². The number of alkyl halides is 1. The van der Waals surface area contributed by atoms with Crippen molar-refractivity contribution in [3.05, 3.63) is 31.6 Å². The van der Waals surface area contributed by atoms with Gasteiger partial charge in [-0.3, -0.25) is 4.79 Å². The van der Waals surface area contributed by atoms with Gasteiger partial charge >= 0.3 is 0 Å².